The van der Waals surface area contributed by atoms with E-state index >= 15 is 0 Å². The molecule has 0 aromatic heterocycles. The molecule has 21 heavy (non-hydrogen) atoms. The van der Waals surface area contributed by atoms with Gasteiger partial charge in [-0.3, -0.25) is 4.79 Å². The van der Waals surface area contributed by atoms with Crippen molar-refractivity contribution in [2.45, 2.75) is 46.6 Å². The molecule has 1 aromatic carbocycles. The summed E-state index contributed by atoms with van der Waals surface area (Å²) in [6.07, 6.45) is 1.87. The van der Waals surface area contributed by atoms with E-state index < -0.39 is 0 Å². The molecule has 2 N–H and O–H groups in total. The van der Waals surface area contributed by atoms with Crippen molar-refractivity contribution in [3.05, 3.63) is 28.8 Å². The lowest BCUT2D eigenvalue weighted by Crippen LogP contribution is -2.42. The fourth-order valence-corrected chi connectivity index (χ4v) is 2.62. The van der Waals surface area contributed by atoms with Gasteiger partial charge in [0.15, 0.2) is 0 Å². The summed E-state index contributed by atoms with van der Waals surface area (Å²) < 4.78 is 5.15. The minimum absolute atomic E-state index is 0.0463. The molecule has 0 aliphatic carbocycles. The lowest BCUT2D eigenvalue weighted by Gasteiger charge is -2.31. The summed E-state index contributed by atoms with van der Waals surface area (Å²) >= 11 is 0. The number of nitrogens with two attached hydrogens (primary N) is 1. The van der Waals surface area contributed by atoms with E-state index in [4.69, 9.17) is 10.5 Å². The number of benzene rings is 1. The van der Waals surface area contributed by atoms with Crippen molar-refractivity contribution in [2.24, 2.45) is 0 Å². The smallest absolute Gasteiger partial charge is 0.254 e. The molecule has 0 saturated carbocycles. The van der Waals surface area contributed by atoms with E-state index in [9.17, 15) is 4.79 Å². The van der Waals surface area contributed by atoms with Crippen LogP contribution in [0.5, 0.6) is 0 Å². The minimum Gasteiger partial charge on any atom is -0.398 e. The quantitative estimate of drug-likeness (QED) is 0.785. The van der Waals surface area contributed by atoms with E-state index in [1.807, 2.05) is 24.8 Å². The van der Waals surface area contributed by atoms with Crippen LogP contribution < -0.4 is 5.73 Å². The highest BCUT2D eigenvalue weighted by Crippen LogP contribution is 2.21. The van der Waals surface area contributed by atoms with Gasteiger partial charge in [-0.05, 0) is 43.9 Å². The molecule has 0 radical (unpaired) electrons. The van der Waals surface area contributed by atoms with Gasteiger partial charge in [-0.1, -0.05) is 19.9 Å². The average molecular weight is 292 g/mol. The lowest BCUT2D eigenvalue weighted by molar-refractivity contribution is 0.0589. The normalized spacial score (nSPS) is 11.0. The van der Waals surface area contributed by atoms with Crippen LogP contribution in [0.25, 0.3) is 0 Å². The Balaban J connectivity index is 3.12. The second-order valence-electron chi connectivity index (χ2n) is 5.49. The van der Waals surface area contributed by atoms with Crippen LogP contribution in [0.3, 0.4) is 0 Å². The first-order valence-electron chi connectivity index (χ1n) is 7.62. The minimum atomic E-state index is 0.0463. The van der Waals surface area contributed by atoms with Gasteiger partial charge in [0.05, 0.1) is 6.61 Å². The first kappa shape index (κ1) is 17.5. The van der Waals surface area contributed by atoms with Crippen LogP contribution in [0.1, 0.15) is 48.2 Å². The molecule has 0 fully saturated rings. The predicted molar refractivity (Wildman–Crippen MR) is 87.6 cm³/mol. The highest BCUT2D eigenvalue weighted by Gasteiger charge is 2.23. The zero-order valence-corrected chi connectivity index (χ0v) is 13.9. The van der Waals surface area contributed by atoms with Gasteiger partial charge in [0.2, 0.25) is 0 Å². The predicted octanol–water partition coefficient (Wildman–Crippen LogP) is 3.16. The molecule has 0 saturated heterocycles. The number of aryl methyl sites for hydroxylation is 2. The third kappa shape index (κ3) is 4.21. The molecule has 0 spiro atoms. The van der Waals surface area contributed by atoms with E-state index in [-0.39, 0.29) is 11.9 Å². The Hall–Kier alpha value is -1.55. The summed E-state index contributed by atoms with van der Waals surface area (Å²) in [5.74, 6) is 0.0463. The van der Waals surface area contributed by atoms with Crippen molar-refractivity contribution < 1.29 is 9.53 Å². The number of ether oxygens (including phenoxy) is 1. The van der Waals surface area contributed by atoms with Crippen LogP contribution in [0.15, 0.2) is 12.1 Å². The van der Waals surface area contributed by atoms with Crippen LogP contribution >= 0.6 is 0 Å². The maximum atomic E-state index is 12.9. The summed E-state index contributed by atoms with van der Waals surface area (Å²) in [5.41, 5.74) is 9.32. The standard InChI is InChI=1S/C17H28N2O2/c1-6-14(7-2)19(8-9-21-5)17(20)15-11-16(18)13(4)10-12(15)3/h10-11,14H,6-9,18H2,1-5H3. The summed E-state index contributed by atoms with van der Waals surface area (Å²) in [6.45, 7) is 9.29. The van der Waals surface area contributed by atoms with Gasteiger partial charge >= 0.3 is 0 Å². The fraction of sp³-hybridized carbons (Fsp3) is 0.588. The molecule has 0 aliphatic heterocycles. The average Bonchev–Trinajstić information content (AvgIpc) is 2.46. The highest BCUT2D eigenvalue weighted by atomic mass is 16.5. The molecule has 1 aromatic rings. The molecule has 0 bridgehead atoms. The van der Waals surface area contributed by atoms with Crippen LogP contribution in [0.2, 0.25) is 0 Å². The zero-order valence-electron chi connectivity index (χ0n) is 13.9. The summed E-state index contributed by atoms with van der Waals surface area (Å²) in [4.78, 5) is 14.8. The van der Waals surface area contributed by atoms with E-state index in [1.165, 1.54) is 0 Å². The third-order valence-electron chi connectivity index (χ3n) is 4.02. The fourth-order valence-electron chi connectivity index (χ4n) is 2.62. The topological polar surface area (TPSA) is 55.6 Å². The van der Waals surface area contributed by atoms with Gasteiger partial charge < -0.3 is 15.4 Å². The Morgan fingerprint density at radius 1 is 1.24 bits per heavy atom. The largest absolute Gasteiger partial charge is 0.398 e. The molecular weight excluding hydrogens is 264 g/mol. The van der Waals surface area contributed by atoms with Crippen LogP contribution in [-0.4, -0.2) is 37.1 Å². The van der Waals surface area contributed by atoms with Crippen molar-refractivity contribution in [3.8, 4) is 0 Å². The SMILES string of the molecule is CCC(CC)N(CCOC)C(=O)c1cc(N)c(C)cc1C. The maximum absolute atomic E-state index is 12.9. The van der Waals surface area contributed by atoms with Crippen LogP contribution in [0, 0.1) is 13.8 Å². The maximum Gasteiger partial charge on any atom is 0.254 e. The van der Waals surface area contributed by atoms with E-state index in [2.05, 4.69) is 13.8 Å². The summed E-state index contributed by atoms with van der Waals surface area (Å²) in [6, 6.07) is 4.01. The first-order valence-corrected chi connectivity index (χ1v) is 7.62. The molecule has 118 valence electrons. The second kappa shape index (κ2) is 8.03. The van der Waals surface area contributed by atoms with Crippen molar-refractivity contribution in [1.29, 1.82) is 0 Å². The van der Waals surface area contributed by atoms with Gasteiger partial charge in [-0.25, -0.2) is 0 Å². The van der Waals surface area contributed by atoms with Gasteiger partial charge in [-0.2, -0.15) is 0 Å². The molecule has 0 atom stereocenters. The van der Waals surface area contributed by atoms with Gasteiger partial charge in [0.1, 0.15) is 0 Å². The molecule has 1 rings (SSSR count). The first-order chi connectivity index (χ1) is 9.96. The lowest BCUT2D eigenvalue weighted by atomic mass is 10.0. The zero-order chi connectivity index (χ0) is 16.0. The number of methoxy groups -OCH3 is 1. The molecule has 1 amide bonds. The van der Waals surface area contributed by atoms with Crippen molar-refractivity contribution >= 4 is 11.6 Å². The Bertz CT molecular complexity index is 482. The number of carbonyl (C=O) groups is 1. The third-order valence-corrected chi connectivity index (χ3v) is 4.02. The summed E-state index contributed by atoms with van der Waals surface area (Å²) in [7, 11) is 1.66. The number of carbonyl (C=O) groups excluding carboxylic acids is 1. The molecule has 0 heterocycles. The summed E-state index contributed by atoms with van der Waals surface area (Å²) in [5, 5.41) is 0. The Labute approximate surface area is 128 Å². The number of amides is 1. The number of hydrogen-bond acceptors (Lipinski definition) is 3. The second-order valence-corrected chi connectivity index (χ2v) is 5.49. The van der Waals surface area contributed by atoms with Gasteiger partial charge in [0, 0.05) is 30.9 Å². The molecule has 4 heteroatoms. The van der Waals surface area contributed by atoms with Crippen LogP contribution in [-0.2, 0) is 4.74 Å². The van der Waals surface area contributed by atoms with Crippen molar-refractivity contribution in [3.63, 3.8) is 0 Å². The molecule has 0 unspecified atom stereocenters. The highest BCUT2D eigenvalue weighted by molar-refractivity contribution is 5.97. The Kier molecular flexibility index (Phi) is 6.69. The Morgan fingerprint density at radius 3 is 2.38 bits per heavy atom. The number of hydrogen-bond donors (Lipinski definition) is 1. The molecular formula is C17H28N2O2. The monoisotopic (exact) mass is 292 g/mol. The number of anilines is 1. The van der Waals surface area contributed by atoms with Crippen molar-refractivity contribution in [1.82, 2.24) is 4.90 Å². The van der Waals surface area contributed by atoms with E-state index in [0.717, 1.165) is 24.0 Å². The van der Waals surface area contributed by atoms with Crippen LogP contribution in [0.4, 0.5) is 5.69 Å². The number of rotatable bonds is 7. The van der Waals surface area contributed by atoms with Crippen molar-refractivity contribution in [2.75, 3.05) is 26.0 Å². The van der Waals surface area contributed by atoms with E-state index in [1.54, 1.807) is 13.2 Å². The Morgan fingerprint density at radius 2 is 1.86 bits per heavy atom. The number of nitrogen functional groups attached to an aromatic ring is 1. The number of nitrogens with zero attached hydrogens (tertiary/aromatic N) is 1. The van der Waals surface area contributed by atoms with Gasteiger partial charge in [0.25, 0.3) is 5.91 Å². The van der Waals surface area contributed by atoms with E-state index in [0.29, 0.717) is 24.4 Å². The van der Waals surface area contributed by atoms with Gasteiger partial charge in [-0.15, -0.1) is 0 Å². The molecule has 4 nitrogen and oxygen atoms in total. The molecule has 0 aliphatic rings.